The summed E-state index contributed by atoms with van der Waals surface area (Å²) in [6.07, 6.45) is 0.618. The Morgan fingerprint density at radius 1 is 1.04 bits per heavy atom. The van der Waals surface area contributed by atoms with Crippen LogP contribution in [0.1, 0.15) is 38.7 Å². The minimum atomic E-state index is -0.492. The van der Waals surface area contributed by atoms with E-state index in [4.69, 9.17) is 4.74 Å². The van der Waals surface area contributed by atoms with Crippen LogP contribution in [0.3, 0.4) is 0 Å². The van der Waals surface area contributed by atoms with Crippen LogP contribution in [0, 0.1) is 5.92 Å². The molecule has 1 aliphatic carbocycles. The highest BCUT2D eigenvalue weighted by molar-refractivity contribution is 7.80. The summed E-state index contributed by atoms with van der Waals surface area (Å²) in [6.45, 7) is 7.81. The summed E-state index contributed by atoms with van der Waals surface area (Å²) in [5, 5.41) is 0. The highest BCUT2D eigenvalue weighted by atomic mass is 32.1. The molecule has 0 radical (unpaired) electrons. The summed E-state index contributed by atoms with van der Waals surface area (Å²) in [4.78, 5) is 29.3. The Morgan fingerprint density at radius 2 is 1.60 bits per heavy atom. The highest BCUT2D eigenvalue weighted by Crippen LogP contribution is 2.48. The summed E-state index contributed by atoms with van der Waals surface area (Å²) in [7, 11) is 0. The molecule has 6 heteroatoms. The van der Waals surface area contributed by atoms with Crippen molar-refractivity contribution < 1.29 is 14.3 Å². The van der Waals surface area contributed by atoms with Gasteiger partial charge in [0.05, 0.1) is 0 Å². The van der Waals surface area contributed by atoms with E-state index in [0.717, 1.165) is 11.3 Å². The largest absolute Gasteiger partial charge is 0.444 e. The molecule has 2 atom stereocenters. The van der Waals surface area contributed by atoms with Crippen LogP contribution < -0.4 is 0 Å². The number of thiol groups is 1. The summed E-state index contributed by atoms with van der Waals surface area (Å²) >= 11 is 4.30. The van der Waals surface area contributed by atoms with Gasteiger partial charge in [-0.3, -0.25) is 4.79 Å². The molecule has 0 spiro atoms. The Hall–Kier alpha value is -1.69. The molecule has 25 heavy (non-hydrogen) atoms. The van der Waals surface area contributed by atoms with Gasteiger partial charge in [-0.2, -0.15) is 0 Å². The standard InChI is InChI=1S/C19H26N2O3S/c1-19(2,3)24-18(23)21-10-8-20(9-11-21)17(22)16-12-15(16)13-4-6-14(25)7-5-13/h4-7,15-16,25H,8-12H2,1-3H3/t15?,16-/m0/s1. The molecule has 1 heterocycles. The van der Waals surface area contributed by atoms with Crippen molar-refractivity contribution in [1.29, 1.82) is 0 Å². The molecule has 136 valence electrons. The Morgan fingerprint density at radius 3 is 2.16 bits per heavy atom. The van der Waals surface area contributed by atoms with Crippen LogP contribution in [-0.2, 0) is 9.53 Å². The number of nitrogens with zero attached hydrogens (tertiary/aromatic N) is 2. The van der Waals surface area contributed by atoms with Gasteiger partial charge in [-0.25, -0.2) is 4.79 Å². The van der Waals surface area contributed by atoms with Crippen molar-refractivity contribution >= 4 is 24.6 Å². The van der Waals surface area contributed by atoms with E-state index in [9.17, 15) is 9.59 Å². The second-order valence-electron chi connectivity index (χ2n) is 7.83. The first-order valence-electron chi connectivity index (χ1n) is 8.80. The lowest BCUT2D eigenvalue weighted by molar-refractivity contribution is -0.134. The Bertz CT molecular complexity index is 646. The first-order valence-corrected chi connectivity index (χ1v) is 9.25. The molecule has 0 aromatic heterocycles. The van der Waals surface area contributed by atoms with E-state index in [1.54, 1.807) is 4.90 Å². The van der Waals surface area contributed by atoms with Gasteiger partial charge in [-0.05, 0) is 50.8 Å². The zero-order valence-corrected chi connectivity index (χ0v) is 16.0. The second kappa shape index (κ2) is 6.90. The predicted molar refractivity (Wildman–Crippen MR) is 98.9 cm³/mol. The average Bonchev–Trinajstić information content (AvgIpc) is 3.34. The summed E-state index contributed by atoms with van der Waals surface area (Å²) in [6, 6.07) is 8.05. The Balaban J connectivity index is 1.49. The SMILES string of the molecule is CC(C)(C)OC(=O)N1CCN(C(=O)[C@H]2CC2c2ccc(S)cc2)CC1. The molecule has 1 aliphatic heterocycles. The van der Waals surface area contributed by atoms with E-state index < -0.39 is 5.60 Å². The van der Waals surface area contributed by atoms with Crippen molar-refractivity contribution in [2.24, 2.45) is 5.92 Å². The van der Waals surface area contributed by atoms with Crippen molar-refractivity contribution in [1.82, 2.24) is 9.80 Å². The molecular weight excluding hydrogens is 336 g/mol. The molecule has 1 aromatic carbocycles. The molecule has 5 nitrogen and oxygen atoms in total. The van der Waals surface area contributed by atoms with Gasteiger partial charge in [0.2, 0.25) is 5.91 Å². The van der Waals surface area contributed by atoms with Crippen LogP contribution in [0.2, 0.25) is 0 Å². The van der Waals surface area contributed by atoms with Gasteiger partial charge in [0.15, 0.2) is 0 Å². The number of carbonyl (C=O) groups is 2. The lowest BCUT2D eigenvalue weighted by Crippen LogP contribution is -2.52. The zero-order valence-electron chi connectivity index (χ0n) is 15.1. The second-order valence-corrected chi connectivity index (χ2v) is 8.35. The fourth-order valence-corrected chi connectivity index (χ4v) is 3.38. The van der Waals surface area contributed by atoms with Crippen molar-refractivity contribution in [2.75, 3.05) is 26.2 Å². The number of ether oxygens (including phenoxy) is 1. The van der Waals surface area contributed by atoms with Gasteiger partial charge in [-0.1, -0.05) is 12.1 Å². The van der Waals surface area contributed by atoms with Gasteiger partial charge < -0.3 is 14.5 Å². The Labute approximate surface area is 154 Å². The number of amides is 2. The number of hydrogen-bond donors (Lipinski definition) is 1. The first kappa shape index (κ1) is 18.1. The van der Waals surface area contributed by atoms with Gasteiger partial charge >= 0.3 is 6.09 Å². The monoisotopic (exact) mass is 362 g/mol. The molecule has 2 aliphatic rings. The van der Waals surface area contributed by atoms with Crippen molar-refractivity contribution in [3.05, 3.63) is 29.8 Å². The third-order valence-corrected chi connectivity index (χ3v) is 4.97. The molecule has 1 aromatic rings. The smallest absolute Gasteiger partial charge is 0.410 e. The molecule has 2 amide bonds. The van der Waals surface area contributed by atoms with E-state index >= 15 is 0 Å². The normalized spacial score (nSPS) is 23.4. The van der Waals surface area contributed by atoms with Crippen molar-refractivity contribution in [3.63, 3.8) is 0 Å². The van der Waals surface area contributed by atoms with Crippen LogP contribution >= 0.6 is 12.6 Å². The topological polar surface area (TPSA) is 49.9 Å². The van der Waals surface area contributed by atoms with Gasteiger partial charge in [0.1, 0.15) is 5.60 Å². The molecule has 2 fully saturated rings. The number of hydrogen-bond acceptors (Lipinski definition) is 4. The lowest BCUT2D eigenvalue weighted by atomic mass is 10.1. The number of carbonyl (C=O) groups excluding carboxylic acids is 2. The lowest BCUT2D eigenvalue weighted by Gasteiger charge is -2.35. The third-order valence-electron chi connectivity index (χ3n) is 4.67. The van der Waals surface area contributed by atoms with E-state index in [0.29, 0.717) is 32.1 Å². The van der Waals surface area contributed by atoms with E-state index in [2.05, 4.69) is 24.8 Å². The molecule has 3 rings (SSSR count). The molecule has 0 bridgehead atoms. The third kappa shape index (κ3) is 4.48. The summed E-state index contributed by atoms with van der Waals surface area (Å²) in [5.41, 5.74) is 0.719. The van der Waals surface area contributed by atoms with Gasteiger partial charge in [0.25, 0.3) is 0 Å². The van der Waals surface area contributed by atoms with Crippen LogP contribution in [0.15, 0.2) is 29.2 Å². The minimum absolute atomic E-state index is 0.0823. The van der Waals surface area contributed by atoms with Crippen LogP contribution in [0.4, 0.5) is 4.79 Å². The average molecular weight is 362 g/mol. The number of benzene rings is 1. The summed E-state index contributed by atoms with van der Waals surface area (Å²) in [5.74, 6) is 0.618. The molecule has 1 saturated carbocycles. The fourth-order valence-electron chi connectivity index (χ4n) is 3.23. The molecule has 1 saturated heterocycles. The zero-order chi connectivity index (χ0) is 18.2. The molecule has 1 unspecified atom stereocenters. The molecule has 0 N–H and O–H groups in total. The first-order chi connectivity index (χ1) is 11.7. The van der Waals surface area contributed by atoms with Crippen molar-refractivity contribution in [2.45, 2.75) is 43.6 Å². The minimum Gasteiger partial charge on any atom is -0.444 e. The van der Waals surface area contributed by atoms with E-state index in [1.165, 1.54) is 5.56 Å². The quantitative estimate of drug-likeness (QED) is 0.822. The van der Waals surface area contributed by atoms with Gasteiger partial charge in [0, 0.05) is 37.0 Å². The van der Waals surface area contributed by atoms with Crippen LogP contribution in [0.5, 0.6) is 0 Å². The number of piperazine rings is 1. The van der Waals surface area contributed by atoms with E-state index in [1.807, 2.05) is 37.8 Å². The summed E-state index contributed by atoms with van der Waals surface area (Å²) < 4.78 is 5.39. The highest BCUT2D eigenvalue weighted by Gasteiger charge is 2.46. The van der Waals surface area contributed by atoms with Crippen molar-refractivity contribution in [3.8, 4) is 0 Å². The van der Waals surface area contributed by atoms with Gasteiger partial charge in [-0.15, -0.1) is 12.6 Å². The van der Waals surface area contributed by atoms with Crippen LogP contribution in [0.25, 0.3) is 0 Å². The predicted octanol–water partition coefficient (Wildman–Crippen LogP) is 3.16. The molecular formula is C19H26N2O3S. The van der Waals surface area contributed by atoms with Crippen LogP contribution in [-0.4, -0.2) is 53.6 Å². The maximum atomic E-state index is 12.7. The maximum absolute atomic E-state index is 12.7. The fraction of sp³-hybridized carbons (Fsp3) is 0.579. The maximum Gasteiger partial charge on any atom is 0.410 e. The Kier molecular flexibility index (Phi) is 5.00. The number of rotatable bonds is 2. The van der Waals surface area contributed by atoms with E-state index in [-0.39, 0.29) is 17.9 Å².